The van der Waals surface area contributed by atoms with Crippen LogP contribution in [0.15, 0.2) is 9.72 Å². The molecular weight excluding hydrogens is 242 g/mol. The lowest BCUT2D eigenvalue weighted by Crippen LogP contribution is -2.28. The van der Waals surface area contributed by atoms with Gasteiger partial charge in [-0.25, -0.2) is 4.98 Å². The Morgan fingerprint density at radius 1 is 1.56 bits per heavy atom. The first-order valence-corrected chi connectivity index (χ1v) is 7.24. The fraction of sp³-hybridized carbons (Fsp3) is 0.636. The summed E-state index contributed by atoms with van der Waals surface area (Å²) in [6.07, 6.45) is 4.01. The minimum Gasteiger partial charge on any atom is -0.481 e. The number of carboxylic acid groups (broad SMARTS) is 1. The van der Waals surface area contributed by atoms with Crippen molar-refractivity contribution >= 4 is 29.1 Å². The molecule has 1 saturated carbocycles. The molecule has 0 radical (unpaired) electrons. The first-order valence-electron chi connectivity index (χ1n) is 5.48. The number of aliphatic carboxylic acids is 1. The highest BCUT2D eigenvalue weighted by Crippen LogP contribution is 2.38. The van der Waals surface area contributed by atoms with Crippen molar-refractivity contribution in [3.05, 3.63) is 11.1 Å². The molecule has 2 unspecified atom stereocenters. The van der Waals surface area contributed by atoms with Crippen LogP contribution in [0, 0.1) is 12.8 Å². The summed E-state index contributed by atoms with van der Waals surface area (Å²) in [5.41, 5.74) is 1.02. The molecule has 0 amide bonds. The van der Waals surface area contributed by atoms with E-state index in [1.807, 2.05) is 12.3 Å². The van der Waals surface area contributed by atoms with Crippen molar-refractivity contribution < 1.29 is 9.90 Å². The highest BCUT2D eigenvalue weighted by atomic mass is 32.2. The fourth-order valence-electron chi connectivity index (χ4n) is 2.04. The van der Waals surface area contributed by atoms with Crippen LogP contribution in [0.1, 0.15) is 31.4 Å². The van der Waals surface area contributed by atoms with Gasteiger partial charge in [-0.2, -0.15) is 0 Å². The van der Waals surface area contributed by atoms with Gasteiger partial charge < -0.3 is 5.11 Å². The molecule has 1 aliphatic carbocycles. The molecule has 1 aromatic heterocycles. The molecule has 0 aromatic carbocycles. The number of thiazole rings is 1. The van der Waals surface area contributed by atoms with Gasteiger partial charge in [0.2, 0.25) is 0 Å². The Hall–Kier alpha value is -0.550. The van der Waals surface area contributed by atoms with Crippen LogP contribution in [0.2, 0.25) is 0 Å². The molecule has 1 heterocycles. The summed E-state index contributed by atoms with van der Waals surface area (Å²) >= 11 is 3.26. The minimum atomic E-state index is -0.648. The Morgan fingerprint density at radius 2 is 2.31 bits per heavy atom. The lowest BCUT2D eigenvalue weighted by Gasteiger charge is -2.26. The molecule has 1 N–H and O–H groups in total. The third kappa shape index (κ3) is 2.77. The summed E-state index contributed by atoms with van der Waals surface area (Å²) in [5.74, 6) is -0.839. The Kier molecular flexibility index (Phi) is 3.86. The van der Waals surface area contributed by atoms with E-state index >= 15 is 0 Å². The predicted molar refractivity (Wildman–Crippen MR) is 66.1 cm³/mol. The number of hydrogen-bond acceptors (Lipinski definition) is 4. The zero-order valence-corrected chi connectivity index (χ0v) is 10.8. The molecule has 88 valence electrons. The Morgan fingerprint density at radius 3 is 2.94 bits per heavy atom. The zero-order valence-electron chi connectivity index (χ0n) is 9.18. The average molecular weight is 257 g/mol. The summed E-state index contributed by atoms with van der Waals surface area (Å²) in [6.45, 7) is 1.97. The van der Waals surface area contributed by atoms with Gasteiger partial charge in [-0.15, -0.1) is 11.3 Å². The molecule has 2 rings (SSSR count). The lowest BCUT2D eigenvalue weighted by molar-refractivity contribution is -0.142. The van der Waals surface area contributed by atoms with E-state index in [2.05, 4.69) is 4.98 Å². The summed E-state index contributed by atoms with van der Waals surface area (Å²) in [5, 5.41) is 11.4. The normalized spacial score (nSPS) is 25.6. The fourth-order valence-corrected chi connectivity index (χ4v) is 4.45. The number of thioether (sulfide) groups is 1. The SMILES string of the molecule is Cc1csc(SC2CCCCC2C(=O)O)n1. The van der Waals surface area contributed by atoms with Crippen LogP contribution < -0.4 is 0 Å². The van der Waals surface area contributed by atoms with Crippen LogP contribution in [0.4, 0.5) is 0 Å². The van der Waals surface area contributed by atoms with E-state index in [0.717, 1.165) is 35.7 Å². The highest BCUT2D eigenvalue weighted by Gasteiger charge is 2.31. The van der Waals surface area contributed by atoms with Crippen molar-refractivity contribution in [2.75, 3.05) is 0 Å². The summed E-state index contributed by atoms with van der Waals surface area (Å²) in [6, 6.07) is 0. The summed E-state index contributed by atoms with van der Waals surface area (Å²) in [7, 11) is 0. The van der Waals surface area contributed by atoms with Gasteiger partial charge in [-0.3, -0.25) is 4.79 Å². The third-order valence-corrected chi connectivity index (χ3v) is 5.36. The molecule has 0 spiro atoms. The molecule has 5 heteroatoms. The number of hydrogen-bond donors (Lipinski definition) is 1. The van der Waals surface area contributed by atoms with Crippen LogP contribution in [-0.4, -0.2) is 21.3 Å². The van der Waals surface area contributed by atoms with Gasteiger partial charge in [-0.1, -0.05) is 24.6 Å². The lowest BCUT2D eigenvalue weighted by atomic mass is 9.89. The average Bonchev–Trinajstić information content (AvgIpc) is 2.64. The maximum absolute atomic E-state index is 11.1. The molecule has 1 fully saturated rings. The first kappa shape index (κ1) is 11.9. The monoisotopic (exact) mass is 257 g/mol. The Labute approximate surface area is 103 Å². The van der Waals surface area contributed by atoms with E-state index in [1.54, 1.807) is 23.1 Å². The number of carbonyl (C=O) groups is 1. The number of nitrogens with zero attached hydrogens (tertiary/aromatic N) is 1. The van der Waals surface area contributed by atoms with Crippen LogP contribution >= 0.6 is 23.1 Å². The summed E-state index contributed by atoms with van der Waals surface area (Å²) in [4.78, 5) is 15.5. The second kappa shape index (κ2) is 5.19. The standard InChI is InChI=1S/C11H15NO2S2/c1-7-6-15-11(12-7)16-9-5-3-2-4-8(9)10(13)14/h6,8-9H,2-5H2,1H3,(H,13,14). The largest absolute Gasteiger partial charge is 0.481 e. The van der Waals surface area contributed by atoms with Crippen LogP contribution in [-0.2, 0) is 4.79 Å². The molecule has 0 aliphatic heterocycles. The number of aryl methyl sites for hydroxylation is 1. The maximum atomic E-state index is 11.1. The Bertz CT molecular complexity index is 378. The summed E-state index contributed by atoms with van der Waals surface area (Å²) < 4.78 is 1.01. The van der Waals surface area contributed by atoms with E-state index < -0.39 is 5.97 Å². The van der Waals surface area contributed by atoms with Crippen LogP contribution in [0.3, 0.4) is 0 Å². The number of aromatic nitrogens is 1. The van der Waals surface area contributed by atoms with Crippen LogP contribution in [0.5, 0.6) is 0 Å². The van der Waals surface area contributed by atoms with Crippen molar-refractivity contribution in [2.24, 2.45) is 5.92 Å². The van der Waals surface area contributed by atoms with Crippen LogP contribution in [0.25, 0.3) is 0 Å². The minimum absolute atomic E-state index is 0.192. The van der Waals surface area contributed by atoms with Gasteiger partial charge in [0.15, 0.2) is 0 Å². The van der Waals surface area contributed by atoms with Crippen molar-refractivity contribution in [3.8, 4) is 0 Å². The molecule has 3 nitrogen and oxygen atoms in total. The second-order valence-corrected chi connectivity index (χ2v) is 6.48. The van der Waals surface area contributed by atoms with Crippen molar-refractivity contribution in [1.82, 2.24) is 4.98 Å². The van der Waals surface area contributed by atoms with Crippen molar-refractivity contribution in [1.29, 1.82) is 0 Å². The first-order chi connectivity index (χ1) is 7.66. The predicted octanol–water partition coefficient (Wildman–Crippen LogP) is 3.19. The number of rotatable bonds is 3. The maximum Gasteiger partial charge on any atom is 0.307 e. The smallest absolute Gasteiger partial charge is 0.307 e. The van der Waals surface area contributed by atoms with E-state index in [9.17, 15) is 4.79 Å². The molecule has 1 aliphatic rings. The molecule has 1 aromatic rings. The van der Waals surface area contributed by atoms with Crippen molar-refractivity contribution in [2.45, 2.75) is 42.2 Å². The molecule has 0 bridgehead atoms. The van der Waals surface area contributed by atoms with Gasteiger partial charge in [0.05, 0.1) is 5.92 Å². The third-order valence-electron chi connectivity index (χ3n) is 2.87. The van der Waals surface area contributed by atoms with Gasteiger partial charge in [-0.05, 0) is 19.8 Å². The molecule has 2 atom stereocenters. The molecular formula is C11H15NO2S2. The zero-order chi connectivity index (χ0) is 11.5. The van der Waals surface area contributed by atoms with Gasteiger partial charge in [0.25, 0.3) is 0 Å². The van der Waals surface area contributed by atoms with Gasteiger partial charge in [0.1, 0.15) is 4.34 Å². The highest BCUT2D eigenvalue weighted by molar-refractivity contribution is 8.01. The van der Waals surface area contributed by atoms with E-state index in [4.69, 9.17) is 5.11 Å². The molecule has 0 saturated heterocycles. The van der Waals surface area contributed by atoms with Gasteiger partial charge >= 0.3 is 5.97 Å². The van der Waals surface area contributed by atoms with E-state index in [1.165, 1.54) is 0 Å². The van der Waals surface area contributed by atoms with E-state index in [-0.39, 0.29) is 11.2 Å². The molecule has 16 heavy (non-hydrogen) atoms. The quantitative estimate of drug-likeness (QED) is 0.903. The number of carboxylic acids is 1. The Balaban J connectivity index is 2.03. The van der Waals surface area contributed by atoms with Gasteiger partial charge in [0, 0.05) is 16.3 Å². The van der Waals surface area contributed by atoms with E-state index in [0.29, 0.717) is 0 Å². The van der Waals surface area contributed by atoms with Crippen molar-refractivity contribution in [3.63, 3.8) is 0 Å². The second-order valence-electron chi connectivity index (χ2n) is 4.14. The topological polar surface area (TPSA) is 50.2 Å².